The second kappa shape index (κ2) is 6.72. The SMILES string of the molecule is CCN(Cc1noc(C)n1)C(=O)C(C)n1ccnc1C(C)C. The molecule has 0 saturated heterocycles. The van der Waals surface area contributed by atoms with Gasteiger partial charge in [0, 0.05) is 31.8 Å². The predicted octanol–water partition coefficient (Wildman–Crippen LogP) is 2.31. The normalized spacial score (nSPS) is 12.6. The maximum Gasteiger partial charge on any atom is 0.245 e. The molecule has 2 heterocycles. The topological polar surface area (TPSA) is 77.0 Å². The molecule has 7 heteroatoms. The number of rotatable bonds is 6. The van der Waals surface area contributed by atoms with E-state index in [0.717, 1.165) is 5.82 Å². The second-order valence-corrected chi connectivity index (χ2v) is 5.61. The van der Waals surface area contributed by atoms with Gasteiger partial charge in [0.25, 0.3) is 0 Å². The number of carbonyl (C=O) groups is 1. The van der Waals surface area contributed by atoms with E-state index >= 15 is 0 Å². The van der Waals surface area contributed by atoms with E-state index in [9.17, 15) is 4.79 Å². The second-order valence-electron chi connectivity index (χ2n) is 5.61. The number of hydrogen-bond acceptors (Lipinski definition) is 5. The number of carbonyl (C=O) groups excluding carboxylic acids is 1. The third-order valence-electron chi connectivity index (χ3n) is 3.58. The Hall–Kier alpha value is -2.18. The summed E-state index contributed by atoms with van der Waals surface area (Å²) < 4.78 is 6.89. The molecular weight excluding hydrogens is 282 g/mol. The minimum Gasteiger partial charge on any atom is -0.340 e. The summed E-state index contributed by atoms with van der Waals surface area (Å²) in [5.41, 5.74) is 0. The first kappa shape index (κ1) is 16.2. The Morgan fingerprint density at radius 2 is 2.14 bits per heavy atom. The number of hydrogen-bond donors (Lipinski definition) is 0. The van der Waals surface area contributed by atoms with Gasteiger partial charge >= 0.3 is 0 Å². The van der Waals surface area contributed by atoms with E-state index in [1.165, 1.54) is 0 Å². The Labute approximate surface area is 130 Å². The number of imidazole rings is 1. The minimum absolute atomic E-state index is 0.0184. The molecular formula is C15H23N5O2. The van der Waals surface area contributed by atoms with Crippen LogP contribution in [0, 0.1) is 6.92 Å². The maximum absolute atomic E-state index is 12.7. The van der Waals surface area contributed by atoms with Crippen LogP contribution in [0.1, 0.15) is 57.2 Å². The van der Waals surface area contributed by atoms with Gasteiger partial charge in [0.15, 0.2) is 5.82 Å². The predicted molar refractivity (Wildman–Crippen MR) is 81.2 cm³/mol. The Morgan fingerprint density at radius 1 is 1.41 bits per heavy atom. The highest BCUT2D eigenvalue weighted by molar-refractivity contribution is 5.80. The number of likely N-dealkylation sites (N-methyl/N-ethyl adjacent to an activating group) is 1. The van der Waals surface area contributed by atoms with E-state index < -0.39 is 0 Å². The standard InChI is InChI=1S/C15H23N5O2/c1-6-19(9-13-17-12(5)22-18-13)15(21)11(4)20-8-7-16-14(20)10(2)3/h7-8,10-11H,6,9H2,1-5H3. The third-order valence-corrected chi connectivity index (χ3v) is 3.58. The van der Waals surface area contributed by atoms with Crippen LogP contribution in [0.4, 0.5) is 0 Å². The molecule has 0 aliphatic rings. The van der Waals surface area contributed by atoms with E-state index in [1.807, 2.05) is 24.6 Å². The fraction of sp³-hybridized carbons (Fsp3) is 0.600. The largest absolute Gasteiger partial charge is 0.340 e. The van der Waals surface area contributed by atoms with Crippen LogP contribution in [0.15, 0.2) is 16.9 Å². The Kier molecular flexibility index (Phi) is 4.95. The van der Waals surface area contributed by atoms with Crippen molar-refractivity contribution in [1.82, 2.24) is 24.6 Å². The molecule has 0 fully saturated rings. The van der Waals surface area contributed by atoms with Gasteiger partial charge in [-0.1, -0.05) is 19.0 Å². The van der Waals surface area contributed by atoms with Crippen LogP contribution >= 0.6 is 0 Å². The van der Waals surface area contributed by atoms with E-state index in [0.29, 0.717) is 24.8 Å². The van der Waals surface area contributed by atoms with E-state index in [4.69, 9.17) is 4.52 Å². The molecule has 1 atom stereocenters. The monoisotopic (exact) mass is 305 g/mol. The summed E-state index contributed by atoms with van der Waals surface area (Å²) in [6, 6.07) is -0.312. The van der Waals surface area contributed by atoms with Gasteiger partial charge in [0.2, 0.25) is 11.8 Å². The fourth-order valence-electron chi connectivity index (χ4n) is 2.40. The van der Waals surface area contributed by atoms with Crippen molar-refractivity contribution in [3.8, 4) is 0 Å². The molecule has 120 valence electrons. The molecule has 0 spiro atoms. The van der Waals surface area contributed by atoms with Crippen molar-refractivity contribution in [3.63, 3.8) is 0 Å². The van der Waals surface area contributed by atoms with Gasteiger partial charge in [-0.05, 0) is 13.8 Å². The highest BCUT2D eigenvalue weighted by Gasteiger charge is 2.24. The Bertz CT molecular complexity index is 631. The molecule has 1 amide bonds. The highest BCUT2D eigenvalue weighted by Crippen LogP contribution is 2.19. The van der Waals surface area contributed by atoms with Crippen molar-refractivity contribution in [3.05, 3.63) is 29.9 Å². The van der Waals surface area contributed by atoms with Crippen molar-refractivity contribution in [1.29, 1.82) is 0 Å². The third kappa shape index (κ3) is 3.35. The number of amides is 1. The van der Waals surface area contributed by atoms with E-state index in [1.54, 1.807) is 18.0 Å². The zero-order valence-electron chi connectivity index (χ0n) is 13.8. The minimum atomic E-state index is -0.312. The highest BCUT2D eigenvalue weighted by atomic mass is 16.5. The van der Waals surface area contributed by atoms with Gasteiger partial charge in [0.1, 0.15) is 11.9 Å². The average Bonchev–Trinajstić information content (AvgIpc) is 3.12. The molecule has 0 aliphatic heterocycles. The molecule has 2 aromatic heterocycles. The van der Waals surface area contributed by atoms with Gasteiger partial charge in [-0.2, -0.15) is 4.98 Å². The molecule has 0 bridgehead atoms. The fourth-order valence-corrected chi connectivity index (χ4v) is 2.40. The first-order chi connectivity index (χ1) is 10.4. The molecule has 2 rings (SSSR count). The average molecular weight is 305 g/mol. The van der Waals surface area contributed by atoms with Crippen LogP contribution in [0.5, 0.6) is 0 Å². The van der Waals surface area contributed by atoms with Crippen LogP contribution in [-0.2, 0) is 11.3 Å². The summed E-state index contributed by atoms with van der Waals surface area (Å²) in [6.45, 7) is 10.6. The molecule has 0 aromatic carbocycles. The summed E-state index contributed by atoms with van der Waals surface area (Å²) >= 11 is 0. The van der Waals surface area contributed by atoms with Crippen LogP contribution in [-0.4, -0.2) is 37.0 Å². The summed E-state index contributed by atoms with van der Waals surface area (Å²) in [7, 11) is 0. The lowest BCUT2D eigenvalue weighted by atomic mass is 10.2. The summed E-state index contributed by atoms with van der Waals surface area (Å²) in [5.74, 6) is 2.22. The number of nitrogens with zero attached hydrogens (tertiary/aromatic N) is 5. The number of aromatic nitrogens is 4. The Balaban J connectivity index is 2.15. The molecule has 22 heavy (non-hydrogen) atoms. The van der Waals surface area contributed by atoms with Crippen molar-refractivity contribution in [2.24, 2.45) is 0 Å². The zero-order chi connectivity index (χ0) is 16.3. The summed E-state index contributed by atoms with van der Waals surface area (Å²) in [4.78, 5) is 23.0. The summed E-state index contributed by atoms with van der Waals surface area (Å²) in [6.07, 6.45) is 3.59. The van der Waals surface area contributed by atoms with Gasteiger partial charge in [0.05, 0.1) is 6.54 Å². The van der Waals surface area contributed by atoms with Crippen LogP contribution in [0.25, 0.3) is 0 Å². The molecule has 7 nitrogen and oxygen atoms in total. The molecule has 1 unspecified atom stereocenters. The first-order valence-corrected chi connectivity index (χ1v) is 7.54. The van der Waals surface area contributed by atoms with Crippen LogP contribution in [0.2, 0.25) is 0 Å². The van der Waals surface area contributed by atoms with Crippen LogP contribution < -0.4 is 0 Å². The molecule has 2 aromatic rings. The lowest BCUT2D eigenvalue weighted by molar-refractivity contribution is -0.134. The van der Waals surface area contributed by atoms with Crippen LogP contribution in [0.3, 0.4) is 0 Å². The van der Waals surface area contributed by atoms with Crippen molar-refractivity contribution in [2.45, 2.75) is 53.1 Å². The van der Waals surface area contributed by atoms with Crippen molar-refractivity contribution >= 4 is 5.91 Å². The number of aryl methyl sites for hydroxylation is 1. The molecule has 0 aliphatic carbocycles. The first-order valence-electron chi connectivity index (χ1n) is 7.54. The molecule has 0 saturated carbocycles. The van der Waals surface area contributed by atoms with Gasteiger partial charge in [-0.25, -0.2) is 4.98 Å². The van der Waals surface area contributed by atoms with Crippen molar-refractivity contribution in [2.75, 3.05) is 6.54 Å². The zero-order valence-corrected chi connectivity index (χ0v) is 13.8. The van der Waals surface area contributed by atoms with Gasteiger partial charge in [-0.15, -0.1) is 0 Å². The van der Waals surface area contributed by atoms with E-state index in [2.05, 4.69) is 29.0 Å². The lowest BCUT2D eigenvalue weighted by Crippen LogP contribution is -2.36. The smallest absolute Gasteiger partial charge is 0.245 e. The lowest BCUT2D eigenvalue weighted by Gasteiger charge is -2.25. The van der Waals surface area contributed by atoms with Gasteiger partial charge < -0.3 is 14.0 Å². The molecule has 0 radical (unpaired) electrons. The quantitative estimate of drug-likeness (QED) is 0.818. The molecule has 0 N–H and O–H groups in total. The summed E-state index contributed by atoms with van der Waals surface area (Å²) in [5, 5.41) is 3.85. The maximum atomic E-state index is 12.7. The Morgan fingerprint density at radius 3 is 2.68 bits per heavy atom. The van der Waals surface area contributed by atoms with E-state index in [-0.39, 0.29) is 17.9 Å². The van der Waals surface area contributed by atoms with Crippen molar-refractivity contribution < 1.29 is 9.32 Å². The van der Waals surface area contributed by atoms with Gasteiger partial charge in [-0.3, -0.25) is 4.79 Å².